The molecule has 0 aliphatic rings. The number of nitrogens with zero attached hydrogens (tertiary/aromatic N) is 3. The van der Waals surface area contributed by atoms with Crippen LogP contribution in [0.15, 0.2) is 29.3 Å². The second kappa shape index (κ2) is 5.18. The van der Waals surface area contributed by atoms with Crippen molar-refractivity contribution in [2.45, 2.75) is 33.5 Å². The Morgan fingerprint density at radius 2 is 2.06 bits per heavy atom. The summed E-state index contributed by atoms with van der Waals surface area (Å²) in [5.41, 5.74) is 7.17. The van der Waals surface area contributed by atoms with Crippen molar-refractivity contribution in [3.05, 3.63) is 52.0 Å². The fourth-order valence-corrected chi connectivity index (χ4v) is 2.00. The van der Waals surface area contributed by atoms with Gasteiger partial charge in [0.25, 0.3) is 5.56 Å². The van der Waals surface area contributed by atoms with Crippen LogP contribution in [0.4, 0.5) is 0 Å². The van der Waals surface area contributed by atoms with Crippen LogP contribution in [0.3, 0.4) is 0 Å². The molecule has 0 aromatic carbocycles. The van der Waals surface area contributed by atoms with Crippen molar-refractivity contribution in [1.29, 1.82) is 0 Å². The second-order valence-corrected chi connectivity index (χ2v) is 4.33. The summed E-state index contributed by atoms with van der Waals surface area (Å²) in [5.74, 6) is 0.954. The molecular formula is C13H18N4O. The van der Waals surface area contributed by atoms with Gasteiger partial charge in [-0.15, -0.1) is 0 Å². The number of nitrogens with two attached hydrogens (primary N) is 1. The summed E-state index contributed by atoms with van der Waals surface area (Å²) in [5, 5.41) is 0. The first-order chi connectivity index (χ1) is 8.63. The molecule has 0 amide bonds. The Morgan fingerprint density at radius 3 is 2.67 bits per heavy atom. The highest BCUT2D eigenvalue weighted by Crippen LogP contribution is 2.01. The summed E-state index contributed by atoms with van der Waals surface area (Å²) in [7, 11) is 0. The van der Waals surface area contributed by atoms with Crippen molar-refractivity contribution in [1.82, 2.24) is 14.1 Å². The molecule has 0 unspecified atom stereocenters. The average Bonchev–Trinajstić information content (AvgIpc) is 2.75. The molecule has 5 nitrogen and oxygen atoms in total. The van der Waals surface area contributed by atoms with Gasteiger partial charge in [0.1, 0.15) is 5.82 Å². The van der Waals surface area contributed by atoms with Crippen LogP contribution in [0.25, 0.3) is 0 Å². The molecule has 96 valence electrons. The van der Waals surface area contributed by atoms with Crippen LogP contribution in [-0.4, -0.2) is 14.1 Å². The van der Waals surface area contributed by atoms with E-state index in [0.717, 1.165) is 18.1 Å². The zero-order chi connectivity index (χ0) is 13.1. The third kappa shape index (κ3) is 2.36. The Labute approximate surface area is 106 Å². The van der Waals surface area contributed by atoms with Gasteiger partial charge in [-0.1, -0.05) is 6.07 Å². The Hall–Kier alpha value is -1.88. The van der Waals surface area contributed by atoms with Crippen molar-refractivity contribution in [3.8, 4) is 0 Å². The van der Waals surface area contributed by atoms with E-state index >= 15 is 0 Å². The van der Waals surface area contributed by atoms with Crippen LogP contribution in [0, 0.1) is 13.8 Å². The predicted molar refractivity (Wildman–Crippen MR) is 70.3 cm³/mol. The summed E-state index contributed by atoms with van der Waals surface area (Å²) < 4.78 is 3.79. The molecular weight excluding hydrogens is 228 g/mol. The van der Waals surface area contributed by atoms with Gasteiger partial charge in [-0.2, -0.15) is 0 Å². The smallest absolute Gasteiger partial charge is 0.255 e. The van der Waals surface area contributed by atoms with Gasteiger partial charge < -0.3 is 14.9 Å². The zero-order valence-corrected chi connectivity index (χ0v) is 10.8. The first-order valence-corrected chi connectivity index (χ1v) is 6.00. The van der Waals surface area contributed by atoms with E-state index in [0.29, 0.717) is 12.1 Å². The van der Waals surface area contributed by atoms with Crippen molar-refractivity contribution >= 4 is 0 Å². The van der Waals surface area contributed by atoms with E-state index in [2.05, 4.69) is 4.98 Å². The summed E-state index contributed by atoms with van der Waals surface area (Å²) in [4.78, 5) is 16.3. The normalized spacial score (nSPS) is 10.8. The molecule has 2 N–H and O–H groups in total. The summed E-state index contributed by atoms with van der Waals surface area (Å²) in [6, 6.07) is 3.74. The lowest BCUT2D eigenvalue weighted by atomic mass is 10.2. The minimum absolute atomic E-state index is 0.00951. The number of hydrogen-bond donors (Lipinski definition) is 1. The zero-order valence-electron chi connectivity index (χ0n) is 10.8. The number of hydrogen-bond acceptors (Lipinski definition) is 3. The van der Waals surface area contributed by atoms with Gasteiger partial charge in [0, 0.05) is 43.3 Å². The van der Waals surface area contributed by atoms with E-state index in [1.54, 1.807) is 16.8 Å². The van der Waals surface area contributed by atoms with E-state index in [1.807, 2.05) is 30.7 Å². The molecule has 2 aromatic rings. The molecule has 0 fully saturated rings. The molecule has 0 atom stereocenters. The van der Waals surface area contributed by atoms with Crippen LogP contribution < -0.4 is 11.3 Å². The van der Waals surface area contributed by atoms with Crippen molar-refractivity contribution in [2.75, 3.05) is 0 Å². The molecule has 18 heavy (non-hydrogen) atoms. The highest BCUT2D eigenvalue weighted by atomic mass is 16.1. The van der Waals surface area contributed by atoms with E-state index in [4.69, 9.17) is 5.73 Å². The molecule has 5 heteroatoms. The highest BCUT2D eigenvalue weighted by molar-refractivity contribution is 5.15. The maximum absolute atomic E-state index is 12.1. The summed E-state index contributed by atoms with van der Waals surface area (Å²) >= 11 is 0. The summed E-state index contributed by atoms with van der Waals surface area (Å²) in [6.07, 6.45) is 3.68. The number of imidazole rings is 1. The molecule has 2 heterocycles. The molecule has 2 rings (SSSR count). The Bertz CT molecular complexity index is 597. The van der Waals surface area contributed by atoms with Crippen molar-refractivity contribution in [3.63, 3.8) is 0 Å². The van der Waals surface area contributed by atoms with E-state index in [-0.39, 0.29) is 12.1 Å². The Kier molecular flexibility index (Phi) is 3.62. The predicted octanol–water partition coefficient (Wildman–Crippen LogP) is 0.821. The molecule has 0 aliphatic carbocycles. The number of aromatic nitrogens is 3. The molecule has 0 aliphatic heterocycles. The quantitative estimate of drug-likeness (QED) is 0.868. The lowest BCUT2D eigenvalue weighted by Crippen LogP contribution is -2.28. The van der Waals surface area contributed by atoms with Crippen molar-refractivity contribution < 1.29 is 0 Å². The topological polar surface area (TPSA) is 65.8 Å². The van der Waals surface area contributed by atoms with E-state index in [9.17, 15) is 4.79 Å². The van der Waals surface area contributed by atoms with Crippen molar-refractivity contribution in [2.24, 2.45) is 5.73 Å². The average molecular weight is 246 g/mol. The first kappa shape index (κ1) is 12.6. The maximum atomic E-state index is 12.1. The standard InChI is InChI=1S/C13H18N4O/c1-10-3-4-12(9-14)13(18)17(10)8-7-16-6-5-15-11(16)2/h3-6H,7-9,14H2,1-2H3. The van der Waals surface area contributed by atoms with E-state index < -0.39 is 0 Å². The fraction of sp³-hybridized carbons (Fsp3) is 0.385. The monoisotopic (exact) mass is 246 g/mol. The van der Waals surface area contributed by atoms with Gasteiger partial charge >= 0.3 is 0 Å². The molecule has 0 spiro atoms. The lowest BCUT2D eigenvalue weighted by Gasteiger charge is -2.12. The first-order valence-electron chi connectivity index (χ1n) is 6.00. The van der Waals surface area contributed by atoms with Crippen LogP contribution in [0.5, 0.6) is 0 Å². The van der Waals surface area contributed by atoms with E-state index in [1.165, 1.54) is 0 Å². The van der Waals surface area contributed by atoms with Crippen LogP contribution in [-0.2, 0) is 19.6 Å². The molecule has 0 saturated carbocycles. The van der Waals surface area contributed by atoms with Crippen LogP contribution in [0.2, 0.25) is 0 Å². The molecule has 0 saturated heterocycles. The Morgan fingerprint density at radius 1 is 1.28 bits per heavy atom. The van der Waals surface area contributed by atoms with Gasteiger partial charge in [0.05, 0.1) is 0 Å². The lowest BCUT2D eigenvalue weighted by molar-refractivity contribution is 0.543. The maximum Gasteiger partial charge on any atom is 0.255 e. The van der Waals surface area contributed by atoms with Crippen LogP contribution >= 0.6 is 0 Å². The van der Waals surface area contributed by atoms with Gasteiger partial charge in [-0.3, -0.25) is 4.79 Å². The van der Waals surface area contributed by atoms with Gasteiger partial charge in [-0.25, -0.2) is 4.98 Å². The van der Waals surface area contributed by atoms with Gasteiger partial charge in [-0.05, 0) is 19.9 Å². The number of pyridine rings is 1. The minimum atomic E-state index is 0.00951. The number of aryl methyl sites for hydroxylation is 3. The molecule has 0 radical (unpaired) electrons. The largest absolute Gasteiger partial charge is 0.333 e. The minimum Gasteiger partial charge on any atom is -0.333 e. The fourth-order valence-electron chi connectivity index (χ4n) is 2.00. The third-order valence-electron chi connectivity index (χ3n) is 3.18. The second-order valence-electron chi connectivity index (χ2n) is 4.33. The van der Waals surface area contributed by atoms with Gasteiger partial charge in [0.15, 0.2) is 0 Å². The highest BCUT2D eigenvalue weighted by Gasteiger charge is 2.05. The Balaban J connectivity index is 2.24. The third-order valence-corrected chi connectivity index (χ3v) is 3.18. The molecule has 2 aromatic heterocycles. The summed E-state index contributed by atoms with van der Waals surface area (Å²) in [6.45, 7) is 5.54. The number of rotatable bonds is 4. The van der Waals surface area contributed by atoms with Crippen LogP contribution in [0.1, 0.15) is 17.1 Å². The van der Waals surface area contributed by atoms with Gasteiger partial charge in [0.2, 0.25) is 0 Å². The molecule has 0 bridgehead atoms. The SMILES string of the molecule is Cc1nccn1CCn1c(C)ccc(CN)c1=O.